The third-order valence-corrected chi connectivity index (χ3v) is 2.54. The van der Waals surface area contributed by atoms with Crippen molar-refractivity contribution in [3.05, 3.63) is 29.7 Å². The van der Waals surface area contributed by atoms with Gasteiger partial charge in [-0.15, -0.1) is 0 Å². The molecule has 2 aromatic heterocycles. The van der Waals surface area contributed by atoms with Crippen LogP contribution in [-0.2, 0) is 0 Å². The normalized spacial score (nSPS) is 11.8. The van der Waals surface area contributed by atoms with Crippen molar-refractivity contribution in [3.63, 3.8) is 0 Å². The first-order valence-corrected chi connectivity index (χ1v) is 5.64. The summed E-state index contributed by atoms with van der Waals surface area (Å²) in [5.41, 5.74) is 6.59. The maximum absolute atomic E-state index is 12.9. The van der Waals surface area contributed by atoms with Crippen LogP contribution < -0.4 is 11.1 Å². The van der Waals surface area contributed by atoms with E-state index in [9.17, 15) is 13.6 Å². The second kappa shape index (κ2) is 4.93. The van der Waals surface area contributed by atoms with Gasteiger partial charge in [-0.3, -0.25) is 4.79 Å². The number of hydrogen-bond donors (Lipinski definition) is 2. The Labute approximate surface area is 107 Å². The minimum Gasteiger partial charge on any atom is -0.449 e. The number of rotatable bonds is 4. The highest BCUT2D eigenvalue weighted by atomic mass is 19.3. The lowest BCUT2D eigenvalue weighted by molar-refractivity contribution is 0.0116. The number of fused-ring (bicyclic) bond motifs is 1. The van der Waals surface area contributed by atoms with Crippen LogP contribution in [0.1, 0.15) is 16.2 Å². The van der Waals surface area contributed by atoms with E-state index in [1.165, 1.54) is 6.07 Å². The molecule has 0 aromatic carbocycles. The molecule has 2 aromatic rings. The predicted molar refractivity (Wildman–Crippen MR) is 65.1 cm³/mol. The highest BCUT2D eigenvalue weighted by molar-refractivity contribution is 5.95. The number of aryl methyl sites for hydroxylation is 1. The Morgan fingerprint density at radius 3 is 2.95 bits per heavy atom. The van der Waals surface area contributed by atoms with Crippen molar-refractivity contribution in [2.75, 3.05) is 13.1 Å². The van der Waals surface area contributed by atoms with Crippen molar-refractivity contribution in [2.24, 2.45) is 5.73 Å². The van der Waals surface area contributed by atoms with Gasteiger partial charge in [0.2, 0.25) is 0 Å². The van der Waals surface area contributed by atoms with Crippen LogP contribution in [0.2, 0.25) is 0 Å². The lowest BCUT2D eigenvalue weighted by Crippen LogP contribution is -2.41. The minimum atomic E-state index is -3.13. The molecule has 1 amide bonds. The lowest BCUT2D eigenvalue weighted by atomic mass is 10.3. The molecule has 7 heteroatoms. The number of aromatic nitrogens is 1. The second-order valence-electron chi connectivity index (χ2n) is 4.19. The molecular weight excluding hydrogens is 256 g/mol. The number of nitrogens with two attached hydrogens (primary N) is 1. The number of carbonyl (C=O) groups is 1. The minimum absolute atomic E-state index is 0.0547. The van der Waals surface area contributed by atoms with Gasteiger partial charge in [-0.1, -0.05) is 0 Å². The Balaban J connectivity index is 2.13. The van der Waals surface area contributed by atoms with E-state index in [4.69, 9.17) is 10.2 Å². The molecule has 19 heavy (non-hydrogen) atoms. The molecule has 0 aliphatic heterocycles. The fraction of sp³-hybridized carbons (Fsp3) is 0.333. The van der Waals surface area contributed by atoms with E-state index in [-0.39, 0.29) is 5.76 Å². The fourth-order valence-electron chi connectivity index (χ4n) is 1.51. The molecule has 0 unspecified atom stereocenters. The van der Waals surface area contributed by atoms with Crippen LogP contribution in [0.3, 0.4) is 0 Å². The van der Waals surface area contributed by atoms with Crippen molar-refractivity contribution in [2.45, 2.75) is 12.8 Å². The Morgan fingerprint density at radius 1 is 1.53 bits per heavy atom. The average Bonchev–Trinajstić information content (AvgIpc) is 2.79. The lowest BCUT2D eigenvalue weighted by Gasteiger charge is -2.13. The van der Waals surface area contributed by atoms with Gasteiger partial charge >= 0.3 is 0 Å². The molecule has 2 heterocycles. The van der Waals surface area contributed by atoms with Gasteiger partial charge in [0.05, 0.1) is 13.1 Å². The van der Waals surface area contributed by atoms with E-state index < -0.39 is 24.9 Å². The summed E-state index contributed by atoms with van der Waals surface area (Å²) in [6, 6.07) is 4.82. The Hall–Kier alpha value is -2.02. The zero-order chi connectivity index (χ0) is 14.0. The number of pyridine rings is 1. The predicted octanol–water partition coefficient (Wildman–Crippen LogP) is 1.46. The van der Waals surface area contributed by atoms with Crippen molar-refractivity contribution >= 4 is 17.0 Å². The first kappa shape index (κ1) is 13.4. The SMILES string of the molecule is Cc1ccc2oc(C(=O)NCC(F)(F)CN)cc2n1. The molecular formula is C12H13F2N3O2. The Bertz CT molecular complexity index is 610. The second-order valence-corrected chi connectivity index (χ2v) is 4.19. The largest absolute Gasteiger partial charge is 0.449 e. The number of halogens is 2. The quantitative estimate of drug-likeness (QED) is 0.880. The van der Waals surface area contributed by atoms with Crippen LogP contribution in [-0.4, -0.2) is 29.9 Å². The number of hydrogen-bond acceptors (Lipinski definition) is 4. The third-order valence-electron chi connectivity index (χ3n) is 2.54. The first-order valence-electron chi connectivity index (χ1n) is 5.64. The van der Waals surface area contributed by atoms with Crippen molar-refractivity contribution in [1.29, 1.82) is 0 Å². The fourth-order valence-corrected chi connectivity index (χ4v) is 1.51. The van der Waals surface area contributed by atoms with E-state index in [2.05, 4.69) is 10.3 Å². The molecule has 3 N–H and O–H groups in total. The average molecular weight is 269 g/mol. The Kier molecular flexibility index (Phi) is 3.48. The monoisotopic (exact) mass is 269 g/mol. The van der Waals surface area contributed by atoms with Gasteiger partial charge in [0.15, 0.2) is 11.3 Å². The zero-order valence-corrected chi connectivity index (χ0v) is 10.2. The highest BCUT2D eigenvalue weighted by Gasteiger charge is 2.28. The van der Waals surface area contributed by atoms with E-state index in [0.29, 0.717) is 11.1 Å². The summed E-state index contributed by atoms with van der Waals surface area (Å²) < 4.78 is 31.0. The molecule has 0 aliphatic rings. The van der Waals surface area contributed by atoms with E-state index in [1.54, 1.807) is 19.1 Å². The number of nitrogens with zero attached hydrogens (tertiary/aromatic N) is 1. The van der Waals surface area contributed by atoms with E-state index in [0.717, 1.165) is 5.69 Å². The van der Waals surface area contributed by atoms with Crippen molar-refractivity contribution in [3.8, 4) is 0 Å². The van der Waals surface area contributed by atoms with Crippen molar-refractivity contribution < 1.29 is 18.0 Å². The molecule has 0 aliphatic carbocycles. The summed E-state index contributed by atoms with van der Waals surface area (Å²) in [4.78, 5) is 15.8. The highest BCUT2D eigenvalue weighted by Crippen LogP contribution is 2.18. The molecule has 2 rings (SSSR count). The summed E-state index contributed by atoms with van der Waals surface area (Å²) in [5.74, 6) is -3.90. The standard InChI is InChI=1S/C12H13F2N3O2/c1-7-2-3-9-8(17-7)4-10(19-9)11(18)16-6-12(13,14)5-15/h2-4H,5-6,15H2,1H3,(H,16,18). The molecule has 0 bridgehead atoms. The summed E-state index contributed by atoms with van der Waals surface area (Å²) >= 11 is 0. The maximum Gasteiger partial charge on any atom is 0.287 e. The van der Waals surface area contributed by atoms with E-state index in [1.807, 2.05) is 0 Å². The van der Waals surface area contributed by atoms with Crippen LogP contribution in [0.15, 0.2) is 22.6 Å². The summed E-state index contributed by atoms with van der Waals surface area (Å²) in [6.45, 7) is 0.147. The first-order chi connectivity index (χ1) is 8.91. The van der Waals surface area contributed by atoms with Gasteiger partial charge in [0.25, 0.3) is 11.8 Å². The van der Waals surface area contributed by atoms with Gasteiger partial charge in [0.1, 0.15) is 5.52 Å². The number of amides is 1. The summed E-state index contributed by atoms with van der Waals surface area (Å²) in [6.07, 6.45) is 0. The number of alkyl halides is 2. The van der Waals surface area contributed by atoms with Crippen LogP contribution in [0.4, 0.5) is 8.78 Å². The number of carbonyl (C=O) groups excluding carboxylic acids is 1. The molecule has 0 saturated carbocycles. The van der Waals surface area contributed by atoms with Gasteiger partial charge < -0.3 is 15.5 Å². The van der Waals surface area contributed by atoms with Crippen LogP contribution >= 0.6 is 0 Å². The van der Waals surface area contributed by atoms with Gasteiger partial charge in [-0.25, -0.2) is 13.8 Å². The maximum atomic E-state index is 12.9. The molecule has 0 radical (unpaired) electrons. The van der Waals surface area contributed by atoms with Crippen LogP contribution in [0, 0.1) is 6.92 Å². The number of nitrogens with one attached hydrogen (secondary N) is 1. The van der Waals surface area contributed by atoms with Gasteiger partial charge in [-0.2, -0.15) is 0 Å². The molecule has 5 nitrogen and oxygen atoms in total. The van der Waals surface area contributed by atoms with Gasteiger partial charge in [-0.05, 0) is 19.1 Å². The molecule has 0 spiro atoms. The van der Waals surface area contributed by atoms with Crippen LogP contribution in [0.5, 0.6) is 0 Å². The molecule has 0 atom stereocenters. The summed E-state index contributed by atoms with van der Waals surface area (Å²) in [7, 11) is 0. The Morgan fingerprint density at radius 2 is 2.26 bits per heavy atom. The smallest absolute Gasteiger partial charge is 0.287 e. The molecule has 102 valence electrons. The number of furan rings is 1. The zero-order valence-electron chi connectivity index (χ0n) is 10.2. The van der Waals surface area contributed by atoms with Crippen molar-refractivity contribution in [1.82, 2.24) is 10.3 Å². The summed E-state index contributed by atoms with van der Waals surface area (Å²) in [5, 5.41) is 2.08. The van der Waals surface area contributed by atoms with Crippen LogP contribution in [0.25, 0.3) is 11.1 Å². The topological polar surface area (TPSA) is 81.2 Å². The third kappa shape index (κ3) is 3.05. The van der Waals surface area contributed by atoms with E-state index >= 15 is 0 Å². The van der Waals surface area contributed by atoms with Gasteiger partial charge in [0, 0.05) is 11.8 Å². The molecule has 0 fully saturated rings. The molecule has 0 saturated heterocycles.